The number of esters is 1. The Balaban J connectivity index is 1.84. The van der Waals surface area contributed by atoms with E-state index >= 15 is 0 Å². The van der Waals surface area contributed by atoms with E-state index in [1.807, 2.05) is 13.8 Å². The highest BCUT2D eigenvalue weighted by Gasteiger charge is 2.97. The number of fused-ring (bicyclic) bond motifs is 1. The predicted molar refractivity (Wildman–Crippen MR) is 82.9 cm³/mol. The molecule has 5 rings (SSSR count). The lowest BCUT2D eigenvalue weighted by molar-refractivity contribution is -0.197. The molecule has 5 aliphatic rings. The van der Waals surface area contributed by atoms with E-state index in [1.54, 1.807) is 6.92 Å². The van der Waals surface area contributed by atoms with Crippen molar-refractivity contribution in [3.05, 3.63) is 4.91 Å². The first-order valence-electron chi connectivity index (χ1n) is 8.18. The van der Waals surface area contributed by atoms with Gasteiger partial charge in [0.1, 0.15) is 17.2 Å². The minimum Gasteiger partial charge on any atom is -0.458 e. The lowest BCUT2D eigenvalue weighted by Gasteiger charge is -2.55. The van der Waals surface area contributed by atoms with Crippen molar-refractivity contribution in [2.45, 2.75) is 62.6 Å². The van der Waals surface area contributed by atoms with Gasteiger partial charge in [-0.3, -0.25) is 4.79 Å². The number of aliphatic hydroxyl groups is 1. The van der Waals surface area contributed by atoms with Gasteiger partial charge in [0.2, 0.25) is 0 Å². The highest BCUT2D eigenvalue weighted by Crippen LogP contribution is 2.87. The number of hydrogen-bond donors (Lipinski definition) is 1. The molecule has 0 aromatic heterocycles. The molecule has 0 amide bonds. The van der Waals surface area contributed by atoms with E-state index in [4.69, 9.17) is 9.47 Å². The number of ether oxygens (including phenoxy) is 2. The fraction of sp³-hybridized carbons (Fsp3) is 0.938. The van der Waals surface area contributed by atoms with Crippen LogP contribution in [-0.4, -0.2) is 45.4 Å². The molecule has 5 fully saturated rings. The van der Waals surface area contributed by atoms with Gasteiger partial charge in [-0.1, -0.05) is 28.0 Å². The van der Waals surface area contributed by atoms with E-state index < -0.39 is 45.7 Å². The Labute approximate surface area is 142 Å². The normalized spacial score (nSPS) is 67.6. The molecule has 1 N–H and O–H groups in total. The molecule has 0 aromatic carbocycles. The third kappa shape index (κ3) is 1.04. The molecule has 2 heterocycles. The first-order chi connectivity index (χ1) is 10.7. The smallest absolute Gasteiger partial charge is 0.313 e. The molecule has 3 saturated carbocycles. The number of halogens is 1. The number of carbonyl (C=O) groups is 1. The Morgan fingerprint density at radius 1 is 1.35 bits per heavy atom. The molecule has 23 heavy (non-hydrogen) atoms. The molecular formula is C16H20BrNO5. The minimum atomic E-state index is -1.07. The number of carbonyl (C=O) groups excluding carboxylic acids is 1. The third-order valence-corrected chi connectivity index (χ3v) is 9.28. The van der Waals surface area contributed by atoms with Crippen molar-refractivity contribution >= 4 is 21.9 Å². The first kappa shape index (κ1) is 14.8. The molecule has 0 radical (unpaired) electrons. The second kappa shape index (κ2) is 3.53. The van der Waals surface area contributed by atoms with Crippen LogP contribution < -0.4 is 0 Å². The summed E-state index contributed by atoms with van der Waals surface area (Å²) in [5.74, 6) is -0.573. The minimum absolute atomic E-state index is 0.162. The second-order valence-corrected chi connectivity index (χ2v) is 9.25. The van der Waals surface area contributed by atoms with E-state index in [0.717, 1.165) is 6.42 Å². The molecule has 2 spiro atoms. The largest absolute Gasteiger partial charge is 0.458 e. The molecular weight excluding hydrogens is 366 g/mol. The molecule has 2 saturated heterocycles. The molecule has 6 nitrogen and oxygen atoms in total. The summed E-state index contributed by atoms with van der Waals surface area (Å²) in [6, 6.07) is 0. The van der Waals surface area contributed by atoms with Crippen LogP contribution in [-0.2, 0) is 14.3 Å². The summed E-state index contributed by atoms with van der Waals surface area (Å²) in [6.07, 6.45) is -0.170. The topological polar surface area (TPSA) is 85.2 Å². The quantitative estimate of drug-likeness (QED) is 0.444. The highest BCUT2D eigenvalue weighted by atomic mass is 79.9. The van der Waals surface area contributed by atoms with E-state index in [9.17, 15) is 14.8 Å². The van der Waals surface area contributed by atoms with Gasteiger partial charge in [0.15, 0.2) is 0 Å². The monoisotopic (exact) mass is 385 g/mol. The summed E-state index contributed by atoms with van der Waals surface area (Å²) < 4.78 is 12.3. The number of aliphatic hydroxyl groups excluding tert-OH is 1. The van der Waals surface area contributed by atoms with Crippen molar-refractivity contribution in [1.82, 2.24) is 0 Å². The Hall–Kier alpha value is -0.530. The molecule has 6 unspecified atom stereocenters. The SMILES string of the molecule is CC1(N=O)C2C(O)C3OC(=O)[C@]45C[C@H]4CC1(O[C@]2(C)CBr)C35C. The third-order valence-electron chi connectivity index (χ3n) is 8.17. The average molecular weight is 386 g/mol. The summed E-state index contributed by atoms with van der Waals surface area (Å²) in [5.41, 5.74) is -3.96. The fourth-order valence-electron chi connectivity index (χ4n) is 7.23. The molecule has 9 atom stereocenters. The van der Waals surface area contributed by atoms with Gasteiger partial charge in [-0.15, -0.1) is 0 Å². The summed E-state index contributed by atoms with van der Waals surface area (Å²) in [7, 11) is 0. The lowest BCUT2D eigenvalue weighted by atomic mass is 9.49. The Bertz CT molecular complexity index is 673. The molecule has 2 bridgehead atoms. The molecule has 7 heteroatoms. The molecule has 2 aliphatic heterocycles. The number of rotatable bonds is 2. The fourth-order valence-corrected chi connectivity index (χ4v) is 7.69. The van der Waals surface area contributed by atoms with Crippen LogP contribution in [0.5, 0.6) is 0 Å². The second-order valence-electron chi connectivity index (χ2n) is 8.69. The summed E-state index contributed by atoms with van der Waals surface area (Å²) >= 11 is 3.49. The van der Waals surface area contributed by atoms with Gasteiger partial charge >= 0.3 is 5.97 Å². The zero-order valence-corrected chi connectivity index (χ0v) is 14.9. The van der Waals surface area contributed by atoms with Gasteiger partial charge in [-0.05, 0) is 32.6 Å². The highest BCUT2D eigenvalue weighted by molar-refractivity contribution is 9.09. The van der Waals surface area contributed by atoms with Crippen LogP contribution in [0.3, 0.4) is 0 Å². The van der Waals surface area contributed by atoms with Gasteiger partial charge in [-0.2, -0.15) is 4.91 Å². The average Bonchev–Trinajstić information content (AvgIpc) is 3.07. The van der Waals surface area contributed by atoms with Crippen LogP contribution in [0.25, 0.3) is 0 Å². The van der Waals surface area contributed by atoms with Crippen molar-refractivity contribution in [1.29, 1.82) is 0 Å². The molecule has 126 valence electrons. The summed E-state index contributed by atoms with van der Waals surface area (Å²) in [6.45, 7) is 5.68. The number of nitroso groups, excluding NO2 is 1. The first-order valence-corrected chi connectivity index (χ1v) is 9.30. The van der Waals surface area contributed by atoms with Crippen LogP contribution in [0.2, 0.25) is 0 Å². The number of alkyl halides is 1. The summed E-state index contributed by atoms with van der Waals surface area (Å²) in [4.78, 5) is 24.6. The van der Waals surface area contributed by atoms with Crippen LogP contribution in [0.4, 0.5) is 0 Å². The maximum absolute atomic E-state index is 12.6. The van der Waals surface area contributed by atoms with Crippen LogP contribution in [0.1, 0.15) is 33.6 Å². The predicted octanol–water partition coefficient (Wildman–Crippen LogP) is 1.77. The number of hydrogen-bond acceptors (Lipinski definition) is 6. The van der Waals surface area contributed by atoms with Gasteiger partial charge in [0.25, 0.3) is 0 Å². The van der Waals surface area contributed by atoms with Crippen molar-refractivity contribution < 1.29 is 19.4 Å². The van der Waals surface area contributed by atoms with Gasteiger partial charge < -0.3 is 14.6 Å². The van der Waals surface area contributed by atoms with Gasteiger partial charge in [-0.25, -0.2) is 0 Å². The standard InChI is InChI=1S/C16H20BrNO5/c1-12(6-17)9-8(19)10-13(2)15(11(20)22-10)4-7(15)5-16(13,23-12)14(9,3)18-21/h7-10,19H,4-6H2,1-3H3/t7-,8?,9?,10?,12+,13?,14?,15-,16?/m0/s1. The zero-order valence-electron chi connectivity index (χ0n) is 13.3. The summed E-state index contributed by atoms with van der Waals surface area (Å²) in [5, 5.41) is 15.1. The maximum atomic E-state index is 12.6. The maximum Gasteiger partial charge on any atom is 0.313 e. The zero-order chi connectivity index (χ0) is 16.6. The lowest BCUT2D eigenvalue weighted by Crippen LogP contribution is -2.71. The van der Waals surface area contributed by atoms with E-state index in [-0.39, 0.29) is 11.9 Å². The van der Waals surface area contributed by atoms with E-state index in [1.165, 1.54) is 0 Å². The Kier molecular flexibility index (Phi) is 2.27. The van der Waals surface area contributed by atoms with Crippen LogP contribution in [0.15, 0.2) is 5.18 Å². The van der Waals surface area contributed by atoms with Crippen molar-refractivity contribution in [2.24, 2.45) is 27.8 Å². The van der Waals surface area contributed by atoms with Gasteiger partial charge in [0, 0.05) is 11.2 Å². The Morgan fingerprint density at radius 2 is 2.04 bits per heavy atom. The molecule has 0 aromatic rings. The van der Waals surface area contributed by atoms with Crippen molar-refractivity contribution in [3.63, 3.8) is 0 Å². The van der Waals surface area contributed by atoms with E-state index in [0.29, 0.717) is 11.8 Å². The molecule has 3 aliphatic carbocycles. The van der Waals surface area contributed by atoms with Crippen molar-refractivity contribution in [3.8, 4) is 0 Å². The van der Waals surface area contributed by atoms with E-state index in [2.05, 4.69) is 21.1 Å². The van der Waals surface area contributed by atoms with Gasteiger partial charge in [0.05, 0.1) is 22.5 Å². The van der Waals surface area contributed by atoms with Crippen LogP contribution in [0, 0.1) is 27.6 Å². The number of nitrogens with zero attached hydrogens (tertiary/aromatic N) is 1. The van der Waals surface area contributed by atoms with Crippen molar-refractivity contribution in [2.75, 3.05) is 5.33 Å². The Morgan fingerprint density at radius 3 is 2.65 bits per heavy atom. The van der Waals surface area contributed by atoms with Crippen LogP contribution >= 0.6 is 15.9 Å².